The summed E-state index contributed by atoms with van der Waals surface area (Å²) < 4.78 is 4.80. The van der Waals surface area contributed by atoms with Gasteiger partial charge in [0.1, 0.15) is 10.7 Å². The number of anilines is 1. The number of ether oxygens (including phenoxy) is 1. The number of hydrogen-bond acceptors (Lipinski definition) is 6. The van der Waals surface area contributed by atoms with Gasteiger partial charge in [-0.1, -0.05) is 6.07 Å². The van der Waals surface area contributed by atoms with Crippen LogP contribution in [-0.2, 0) is 4.74 Å². The summed E-state index contributed by atoms with van der Waals surface area (Å²) in [6.45, 7) is 5.69. The molecule has 0 radical (unpaired) electrons. The maximum absolute atomic E-state index is 13.0. The first-order valence-corrected chi connectivity index (χ1v) is 9.99. The van der Waals surface area contributed by atoms with E-state index in [0.29, 0.717) is 27.6 Å². The van der Waals surface area contributed by atoms with Crippen molar-refractivity contribution in [1.82, 2.24) is 9.97 Å². The number of nitrogens with zero attached hydrogens (tertiary/aromatic N) is 2. The van der Waals surface area contributed by atoms with Crippen LogP contribution in [0.1, 0.15) is 61.4 Å². The van der Waals surface area contributed by atoms with Crippen LogP contribution in [0.25, 0.3) is 10.2 Å². The van der Waals surface area contributed by atoms with Gasteiger partial charge in [0.25, 0.3) is 5.91 Å². The van der Waals surface area contributed by atoms with E-state index in [9.17, 15) is 9.59 Å². The molecule has 6 nitrogen and oxygen atoms in total. The summed E-state index contributed by atoms with van der Waals surface area (Å²) in [6.07, 6.45) is 2.27. The van der Waals surface area contributed by atoms with E-state index in [1.165, 1.54) is 18.4 Å². The highest BCUT2D eigenvalue weighted by atomic mass is 32.1. The molecule has 1 aromatic carbocycles. The molecule has 1 fully saturated rings. The summed E-state index contributed by atoms with van der Waals surface area (Å²) in [7, 11) is 1.34. The van der Waals surface area contributed by atoms with E-state index in [4.69, 9.17) is 9.72 Å². The molecule has 1 amide bonds. The van der Waals surface area contributed by atoms with Crippen LogP contribution in [0.15, 0.2) is 18.2 Å². The molecule has 4 rings (SSSR count). The Balaban J connectivity index is 1.69. The lowest BCUT2D eigenvalue weighted by Gasteiger charge is -2.11. The van der Waals surface area contributed by atoms with Gasteiger partial charge < -0.3 is 10.1 Å². The number of nitrogens with one attached hydrogen (secondary N) is 1. The van der Waals surface area contributed by atoms with Gasteiger partial charge in [-0.05, 0) is 56.9 Å². The van der Waals surface area contributed by atoms with Gasteiger partial charge >= 0.3 is 5.97 Å². The fourth-order valence-corrected chi connectivity index (χ4v) is 4.52. The Hall–Kier alpha value is -2.80. The van der Waals surface area contributed by atoms with Crippen molar-refractivity contribution in [3.05, 3.63) is 51.3 Å². The Kier molecular flexibility index (Phi) is 4.63. The number of aromatic nitrogens is 2. The highest BCUT2D eigenvalue weighted by Crippen LogP contribution is 2.40. The number of rotatable bonds is 4. The molecular weight excluding hydrogens is 374 g/mol. The van der Waals surface area contributed by atoms with E-state index in [-0.39, 0.29) is 5.91 Å². The smallest absolute Gasteiger partial charge is 0.338 e. The molecule has 0 saturated heterocycles. The Morgan fingerprint density at radius 3 is 2.57 bits per heavy atom. The van der Waals surface area contributed by atoms with Crippen molar-refractivity contribution in [2.45, 2.75) is 39.5 Å². The topological polar surface area (TPSA) is 81.2 Å². The quantitative estimate of drug-likeness (QED) is 0.656. The normalized spacial score (nSPS) is 13.6. The molecule has 1 aliphatic rings. The Morgan fingerprint density at radius 1 is 1.14 bits per heavy atom. The van der Waals surface area contributed by atoms with Crippen molar-refractivity contribution >= 4 is 39.1 Å². The first-order valence-electron chi connectivity index (χ1n) is 9.17. The molecule has 1 aliphatic carbocycles. The van der Waals surface area contributed by atoms with Crippen molar-refractivity contribution in [2.24, 2.45) is 0 Å². The van der Waals surface area contributed by atoms with Gasteiger partial charge in [0, 0.05) is 17.0 Å². The molecule has 0 unspecified atom stereocenters. The summed E-state index contributed by atoms with van der Waals surface area (Å²) in [4.78, 5) is 35.7. The molecule has 1 saturated carbocycles. The van der Waals surface area contributed by atoms with E-state index < -0.39 is 5.97 Å². The van der Waals surface area contributed by atoms with Crippen molar-refractivity contribution in [2.75, 3.05) is 12.4 Å². The first kappa shape index (κ1) is 18.6. The second-order valence-corrected chi connectivity index (χ2v) is 8.10. The molecule has 0 spiro atoms. The summed E-state index contributed by atoms with van der Waals surface area (Å²) in [5.41, 5.74) is 3.51. The second-order valence-electron chi connectivity index (χ2n) is 7.10. The number of carbonyl (C=O) groups is 2. The molecule has 7 heteroatoms. The third-order valence-electron chi connectivity index (χ3n) is 5.12. The number of benzene rings is 1. The summed E-state index contributed by atoms with van der Waals surface area (Å²) in [5, 5.41) is 3.89. The molecule has 1 N–H and O–H groups in total. The predicted molar refractivity (Wildman–Crippen MR) is 109 cm³/mol. The lowest BCUT2D eigenvalue weighted by molar-refractivity contribution is 0.0599. The van der Waals surface area contributed by atoms with Gasteiger partial charge in [-0.15, -0.1) is 11.3 Å². The van der Waals surface area contributed by atoms with Crippen LogP contribution in [0.4, 0.5) is 5.69 Å². The van der Waals surface area contributed by atoms with Gasteiger partial charge in [-0.3, -0.25) is 4.79 Å². The van der Waals surface area contributed by atoms with E-state index in [0.717, 1.165) is 40.1 Å². The standard InChI is InChI=1S/C21H21N3O3S/c1-10-14(21(26)27-4)6-5-7-15(10)23-19(25)17-11(2)16-12(3)22-18(13-8-9-13)24-20(16)28-17/h5-7,13H,8-9H2,1-4H3,(H,23,25). The molecule has 0 aliphatic heterocycles. The largest absolute Gasteiger partial charge is 0.465 e. The summed E-state index contributed by atoms with van der Waals surface area (Å²) in [6, 6.07) is 5.18. The lowest BCUT2D eigenvalue weighted by Crippen LogP contribution is -2.14. The average Bonchev–Trinajstić information content (AvgIpc) is 3.46. The molecule has 3 aromatic rings. The minimum atomic E-state index is -0.426. The van der Waals surface area contributed by atoms with E-state index in [2.05, 4.69) is 10.3 Å². The minimum Gasteiger partial charge on any atom is -0.465 e. The summed E-state index contributed by atoms with van der Waals surface area (Å²) in [5.74, 6) is 0.717. The fourth-order valence-electron chi connectivity index (χ4n) is 3.38. The minimum absolute atomic E-state index is 0.210. The third-order valence-corrected chi connectivity index (χ3v) is 6.31. The number of methoxy groups -OCH3 is 1. The molecule has 2 aromatic heterocycles. The lowest BCUT2D eigenvalue weighted by atomic mass is 10.1. The molecule has 28 heavy (non-hydrogen) atoms. The molecule has 144 valence electrons. The first-order chi connectivity index (χ1) is 13.4. The van der Waals surface area contributed by atoms with Crippen LogP contribution < -0.4 is 5.32 Å². The van der Waals surface area contributed by atoms with Gasteiger partial charge in [0.05, 0.1) is 23.2 Å². The van der Waals surface area contributed by atoms with Gasteiger partial charge in [0.2, 0.25) is 0 Å². The van der Waals surface area contributed by atoms with Crippen LogP contribution >= 0.6 is 11.3 Å². The van der Waals surface area contributed by atoms with Crippen molar-refractivity contribution in [3.8, 4) is 0 Å². The maximum Gasteiger partial charge on any atom is 0.338 e. The molecule has 2 heterocycles. The number of hydrogen-bond donors (Lipinski definition) is 1. The maximum atomic E-state index is 13.0. The third kappa shape index (κ3) is 3.16. The Bertz CT molecular complexity index is 1120. The highest BCUT2D eigenvalue weighted by molar-refractivity contribution is 7.20. The number of thiophene rings is 1. The molecular formula is C21H21N3O3S. The number of carbonyl (C=O) groups excluding carboxylic acids is 2. The monoisotopic (exact) mass is 395 g/mol. The zero-order valence-corrected chi connectivity index (χ0v) is 17.1. The fraction of sp³-hybridized carbons (Fsp3) is 0.333. The van der Waals surface area contributed by atoms with Crippen LogP contribution in [0, 0.1) is 20.8 Å². The van der Waals surface area contributed by atoms with Gasteiger partial charge in [-0.25, -0.2) is 14.8 Å². The van der Waals surface area contributed by atoms with Crippen molar-refractivity contribution in [1.29, 1.82) is 0 Å². The second kappa shape index (κ2) is 6.98. The number of amides is 1. The zero-order valence-electron chi connectivity index (χ0n) is 16.3. The van der Waals surface area contributed by atoms with Gasteiger partial charge in [0.15, 0.2) is 0 Å². The SMILES string of the molecule is COC(=O)c1cccc(NC(=O)c2sc3nc(C4CC4)nc(C)c3c2C)c1C. The highest BCUT2D eigenvalue weighted by Gasteiger charge is 2.28. The van der Waals surface area contributed by atoms with Crippen LogP contribution in [0.3, 0.4) is 0 Å². The van der Waals surface area contributed by atoms with Crippen LogP contribution in [-0.4, -0.2) is 29.0 Å². The van der Waals surface area contributed by atoms with E-state index in [1.54, 1.807) is 25.1 Å². The van der Waals surface area contributed by atoms with E-state index >= 15 is 0 Å². The van der Waals surface area contributed by atoms with Crippen molar-refractivity contribution < 1.29 is 14.3 Å². The van der Waals surface area contributed by atoms with E-state index in [1.807, 2.05) is 13.8 Å². The number of esters is 1. The van der Waals surface area contributed by atoms with Crippen LogP contribution in [0.5, 0.6) is 0 Å². The van der Waals surface area contributed by atoms with Crippen molar-refractivity contribution in [3.63, 3.8) is 0 Å². The van der Waals surface area contributed by atoms with Crippen LogP contribution in [0.2, 0.25) is 0 Å². The molecule has 0 atom stereocenters. The number of aryl methyl sites for hydroxylation is 2. The average molecular weight is 395 g/mol. The Morgan fingerprint density at radius 2 is 1.89 bits per heavy atom. The predicted octanol–water partition coefficient (Wildman–Crippen LogP) is 4.53. The molecule has 0 bridgehead atoms. The van der Waals surface area contributed by atoms with Gasteiger partial charge in [-0.2, -0.15) is 0 Å². The number of fused-ring (bicyclic) bond motifs is 1. The summed E-state index contributed by atoms with van der Waals surface area (Å²) >= 11 is 1.39. The zero-order chi connectivity index (χ0) is 20.0. The Labute approximate surface area is 167 Å².